The van der Waals surface area contributed by atoms with E-state index in [1.165, 1.54) is 83.5 Å². The molecule has 0 saturated carbocycles. The van der Waals surface area contributed by atoms with Crippen molar-refractivity contribution < 1.29 is 28.6 Å². The van der Waals surface area contributed by atoms with Crippen LogP contribution in [0.1, 0.15) is 252 Å². The summed E-state index contributed by atoms with van der Waals surface area (Å²) in [6.45, 7) is 6.46. The topological polar surface area (TPSA) is 78.9 Å². The normalized spacial score (nSPS) is 12.7. The lowest BCUT2D eigenvalue weighted by molar-refractivity contribution is -0.167. The third-order valence-corrected chi connectivity index (χ3v) is 11.4. The van der Waals surface area contributed by atoms with E-state index in [1.54, 1.807) is 0 Å². The summed E-state index contributed by atoms with van der Waals surface area (Å²) in [5, 5.41) is 0. The highest BCUT2D eigenvalue weighted by atomic mass is 16.6. The predicted octanol–water partition coefficient (Wildman–Crippen LogP) is 18.0. The number of esters is 3. The smallest absolute Gasteiger partial charge is 0.306 e. The number of ether oxygens (including phenoxy) is 3. The fourth-order valence-electron chi connectivity index (χ4n) is 7.28. The molecule has 0 aliphatic heterocycles. The molecule has 1 atom stereocenters. The Kier molecular flexibility index (Phi) is 50.4. The van der Waals surface area contributed by atoms with Crippen LogP contribution in [0.3, 0.4) is 0 Å². The highest BCUT2D eigenvalue weighted by Gasteiger charge is 2.19. The van der Waals surface area contributed by atoms with Crippen molar-refractivity contribution in [3.63, 3.8) is 0 Å². The summed E-state index contributed by atoms with van der Waals surface area (Å²) in [7, 11) is 0. The van der Waals surface area contributed by atoms with Gasteiger partial charge in [0.05, 0.1) is 0 Å². The van der Waals surface area contributed by atoms with Crippen molar-refractivity contribution in [2.75, 3.05) is 13.2 Å². The van der Waals surface area contributed by atoms with Crippen molar-refractivity contribution in [3.05, 3.63) is 85.1 Å². The molecule has 0 rings (SSSR count). The minimum atomic E-state index is -0.792. The molecule has 0 radical (unpaired) electrons. The molecule has 0 saturated heterocycles. The molecule has 0 aromatic heterocycles. The second kappa shape index (κ2) is 53.2. The molecule has 6 heteroatoms. The van der Waals surface area contributed by atoms with Gasteiger partial charge in [0.2, 0.25) is 0 Å². The molecule has 0 aliphatic rings. The van der Waals surface area contributed by atoms with E-state index in [4.69, 9.17) is 14.2 Å². The number of hydrogen-bond donors (Lipinski definition) is 0. The van der Waals surface area contributed by atoms with Gasteiger partial charge < -0.3 is 14.2 Å². The first-order chi connectivity index (χ1) is 32.0. The van der Waals surface area contributed by atoms with Gasteiger partial charge in [-0.05, 0) is 116 Å². The Bertz CT molecular complexity index is 1270. The van der Waals surface area contributed by atoms with Crippen LogP contribution in [0.25, 0.3) is 0 Å². The molecular formula is C59H100O6. The molecule has 0 N–H and O–H groups in total. The van der Waals surface area contributed by atoms with Gasteiger partial charge in [-0.1, -0.05) is 202 Å². The maximum Gasteiger partial charge on any atom is 0.306 e. The number of carbonyl (C=O) groups is 3. The number of hydrogen-bond acceptors (Lipinski definition) is 6. The SMILES string of the molecule is CC/C=C\C/C=C\C/C=C\C/C=C\C/C=C\CCCCCCCC(=O)OCC(COC(=O)CCCCCCC/C=C\CCCCCC)OC(=O)CCCCCCC/C=C\CCCCCC. The zero-order valence-electron chi connectivity index (χ0n) is 42.5. The van der Waals surface area contributed by atoms with Gasteiger partial charge in [-0.2, -0.15) is 0 Å². The van der Waals surface area contributed by atoms with E-state index in [1.807, 2.05) is 0 Å². The zero-order valence-corrected chi connectivity index (χ0v) is 42.5. The third-order valence-electron chi connectivity index (χ3n) is 11.4. The maximum absolute atomic E-state index is 12.8. The van der Waals surface area contributed by atoms with Gasteiger partial charge in [-0.25, -0.2) is 0 Å². The van der Waals surface area contributed by atoms with Crippen LogP contribution >= 0.6 is 0 Å². The van der Waals surface area contributed by atoms with E-state index >= 15 is 0 Å². The van der Waals surface area contributed by atoms with Gasteiger partial charge in [0, 0.05) is 19.3 Å². The van der Waals surface area contributed by atoms with Crippen LogP contribution in [0, 0.1) is 0 Å². The fraction of sp³-hybridized carbons (Fsp3) is 0.712. The van der Waals surface area contributed by atoms with Crippen molar-refractivity contribution in [3.8, 4) is 0 Å². The molecule has 0 fully saturated rings. The molecule has 0 heterocycles. The minimum absolute atomic E-state index is 0.0906. The van der Waals surface area contributed by atoms with E-state index in [0.29, 0.717) is 19.3 Å². The number of allylic oxidation sites excluding steroid dienone is 14. The summed E-state index contributed by atoms with van der Waals surface area (Å²) < 4.78 is 16.8. The van der Waals surface area contributed by atoms with Crippen LogP contribution in [0.2, 0.25) is 0 Å². The summed E-state index contributed by atoms with van der Waals surface area (Å²) in [5.41, 5.74) is 0. The fourth-order valence-corrected chi connectivity index (χ4v) is 7.28. The van der Waals surface area contributed by atoms with E-state index < -0.39 is 6.10 Å². The Morgan fingerprint density at radius 2 is 0.600 bits per heavy atom. The Balaban J connectivity index is 4.41. The molecule has 0 aliphatic carbocycles. The maximum atomic E-state index is 12.8. The van der Waals surface area contributed by atoms with Crippen LogP contribution in [0.4, 0.5) is 0 Å². The zero-order chi connectivity index (χ0) is 47.2. The monoisotopic (exact) mass is 905 g/mol. The second-order valence-corrected chi connectivity index (χ2v) is 17.7. The summed E-state index contributed by atoms with van der Waals surface area (Å²) in [5.74, 6) is -0.926. The van der Waals surface area contributed by atoms with Crippen LogP contribution in [-0.2, 0) is 28.6 Å². The Hall–Kier alpha value is -3.41. The van der Waals surface area contributed by atoms with Crippen molar-refractivity contribution in [2.24, 2.45) is 0 Å². The molecule has 1 unspecified atom stereocenters. The van der Waals surface area contributed by atoms with Crippen molar-refractivity contribution in [2.45, 2.75) is 258 Å². The van der Waals surface area contributed by atoms with Gasteiger partial charge in [0.15, 0.2) is 6.10 Å². The molecule has 372 valence electrons. The number of rotatable bonds is 48. The highest BCUT2D eigenvalue weighted by molar-refractivity contribution is 5.71. The highest BCUT2D eigenvalue weighted by Crippen LogP contribution is 2.14. The van der Waals surface area contributed by atoms with Crippen molar-refractivity contribution in [1.29, 1.82) is 0 Å². The van der Waals surface area contributed by atoms with E-state index in [2.05, 4.69) is 106 Å². The lowest BCUT2D eigenvalue weighted by Crippen LogP contribution is -2.30. The molecule has 0 amide bonds. The Labute approximate surface area is 401 Å². The molecule has 0 bridgehead atoms. The molecule has 65 heavy (non-hydrogen) atoms. The van der Waals surface area contributed by atoms with Gasteiger partial charge >= 0.3 is 17.9 Å². The largest absolute Gasteiger partial charge is 0.462 e. The van der Waals surface area contributed by atoms with Gasteiger partial charge in [0.25, 0.3) is 0 Å². The predicted molar refractivity (Wildman–Crippen MR) is 279 cm³/mol. The summed E-state index contributed by atoms with van der Waals surface area (Å²) in [6.07, 6.45) is 68.5. The van der Waals surface area contributed by atoms with E-state index in [-0.39, 0.29) is 31.1 Å². The summed E-state index contributed by atoms with van der Waals surface area (Å²) in [6, 6.07) is 0. The van der Waals surface area contributed by atoms with Gasteiger partial charge in [-0.3, -0.25) is 14.4 Å². The summed E-state index contributed by atoms with van der Waals surface area (Å²) in [4.78, 5) is 38.0. The van der Waals surface area contributed by atoms with Crippen LogP contribution in [-0.4, -0.2) is 37.2 Å². The first-order valence-electron chi connectivity index (χ1n) is 27.1. The molecule has 0 aromatic carbocycles. The number of carbonyl (C=O) groups excluding carboxylic acids is 3. The lowest BCUT2D eigenvalue weighted by atomic mass is 10.1. The van der Waals surface area contributed by atoms with Crippen molar-refractivity contribution in [1.82, 2.24) is 0 Å². The quantitative estimate of drug-likeness (QED) is 0.0262. The van der Waals surface area contributed by atoms with E-state index in [0.717, 1.165) is 128 Å². The standard InChI is InChI=1S/C59H100O6/c1-4-7-10-13-16-19-22-25-26-27-28-29-30-31-32-35-37-40-43-46-49-52-58(61)64-55-56(65-59(62)53-50-47-44-41-38-34-24-21-18-15-12-9-6-3)54-63-57(60)51-48-45-42-39-36-33-23-20-17-14-11-8-5-2/h7,10,16,19-21,23-26,28-29,31-32,56H,4-6,8-9,11-15,17-18,22,27,30,33-55H2,1-3H3/b10-7-,19-16-,23-20-,24-21-,26-25-,29-28-,32-31-. The second-order valence-electron chi connectivity index (χ2n) is 17.7. The molecule has 0 spiro atoms. The Morgan fingerprint density at radius 3 is 0.954 bits per heavy atom. The Morgan fingerprint density at radius 1 is 0.323 bits per heavy atom. The van der Waals surface area contributed by atoms with Crippen LogP contribution in [0.15, 0.2) is 85.1 Å². The van der Waals surface area contributed by atoms with E-state index in [9.17, 15) is 14.4 Å². The molecule has 6 nitrogen and oxygen atoms in total. The first-order valence-corrected chi connectivity index (χ1v) is 27.1. The van der Waals surface area contributed by atoms with Gasteiger partial charge in [-0.15, -0.1) is 0 Å². The average Bonchev–Trinajstić information content (AvgIpc) is 3.30. The minimum Gasteiger partial charge on any atom is -0.462 e. The summed E-state index contributed by atoms with van der Waals surface area (Å²) >= 11 is 0. The van der Waals surface area contributed by atoms with Gasteiger partial charge in [0.1, 0.15) is 13.2 Å². The molecular weight excluding hydrogens is 805 g/mol. The lowest BCUT2D eigenvalue weighted by Gasteiger charge is -2.18. The molecule has 0 aromatic rings. The third kappa shape index (κ3) is 51.4. The van der Waals surface area contributed by atoms with Crippen LogP contribution < -0.4 is 0 Å². The average molecular weight is 905 g/mol. The first kappa shape index (κ1) is 61.6. The van der Waals surface area contributed by atoms with Crippen LogP contribution in [0.5, 0.6) is 0 Å². The van der Waals surface area contributed by atoms with Crippen molar-refractivity contribution >= 4 is 17.9 Å². The number of unbranched alkanes of at least 4 members (excludes halogenated alkanes) is 23.